The van der Waals surface area contributed by atoms with E-state index in [9.17, 15) is 53.3 Å². The highest BCUT2D eigenvalue weighted by molar-refractivity contribution is 7.86. The van der Waals surface area contributed by atoms with Crippen molar-refractivity contribution in [3.05, 3.63) is 70.9 Å². The van der Waals surface area contributed by atoms with Crippen LogP contribution in [0.25, 0.3) is 0 Å². The molecule has 2 unspecified atom stereocenters. The molecular weight excluding hydrogens is 923 g/mol. The summed E-state index contributed by atoms with van der Waals surface area (Å²) in [6.07, 6.45) is 5.37. The van der Waals surface area contributed by atoms with Crippen molar-refractivity contribution in [1.82, 2.24) is 5.06 Å². The van der Waals surface area contributed by atoms with Crippen LogP contribution in [-0.2, 0) is 74.6 Å². The molecule has 1 fully saturated rings. The van der Waals surface area contributed by atoms with E-state index in [1.165, 1.54) is 30.3 Å². The number of hydrogen-bond donors (Lipinski definition) is 0. The average molecular weight is 980 g/mol. The first-order valence-electron chi connectivity index (χ1n) is 21.6. The minimum absolute atomic E-state index is 0.0293. The summed E-state index contributed by atoms with van der Waals surface area (Å²) in [4.78, 5) is 42.5. The van der Waals surface area contributed by atoms with Crippen LogP contribution >= 0.6 is 0 Å². The molecule has 0 spiro atoms. The van der Waals surface area contributed by atoms with Crippen molar-refractivity contribution in [3.8, 4) is 0 Å². The van der Waals surface area contributed by atoms with Gasteiger partial charge in [0.25, 0.3) is 11.8 Å². The number of ether oxygens (including phenoxy) is 3. The second-order valence-corrected chi connectivity index (χ2v) is 21.1. The Morgan fingerprint density at radius 3 is 2.00 bits per heavy atom. The monoisotopic (exact) mass is 979 g/mol. The Bertz CT molecular complexity index is 2590. The van der Waals surface area contributed by atoms with Crippen LogP contribution < -0.4 is 4.90 Å². The minimum atomic E-state index is -4.88. The van der Waals surface area contributed by atoms with Gasteiger partial charge in [-0.2, -0.15) is 4.58 Å². The van der Waals surface area contributed by atoms with Crippen molar-refractivity contribution in [1.29, 1.82) is 0 Å². The largest absolute Gasteiger partial charge is 0.748 e. The van der Waals surface area contributed by atoms with Crippen molar-refractivity contribution in [3.63, 3.8) is 0 Å². The molecule has 0 bridgehead atoms. The molecule has 0 radical (unpaired) electrons. The number of benzene rings is 2. The van der Waals surface area contributed by atoms with Gasteiger partial charge < -0.3 is 37.6 Å². The fourth-order valence-corrected chi connectivity index (χ4v) is 10.2. The Morgan fingerprint density at radius 2 is 1.39 bits per heavy atom. The van der Waals surface area contributed by atoms with Crippen LogP contribution in [0.2, 0.25) is 0 Å². The quantitative estimate of drug-likeness (QED) is 0.0588. The van der Waals surface area contributed by atoms with Gasteiger partial charge in [-0.15, -0.1) is 5.06 Å². The first-order valence-corrected chi connectivity index (χ1v) is 26.0. The van der Waals surface area contributed by atoms with E-state index in [0.717, 1.165) is 0 Å². The van der Waals surface area contributed by atoms with Gasteiger partial charge in [-0.3, -0.25) is 9.59 Å². The summed E-state index contributed by atoms with van der Waals surface area (Å²) in [5.41, 5.74) is 2.19. The van der Waals surface area contributed by atoms with Gasteiger partial charge in [-0.25, -0.2) is 30.0 Å². The molecule has 19 nitrogen and oxygen atoms in total. The van der Waals surface area contributed by atoms with Crippen LogP contribution in [0.15, 0.2) is 69.6 Å². The number of rotatable bonds is 25. The molecule has 2 amide bonds. The average Bonchev–Trinajstić information content (AvgIpc) is 3.76. The highest BCUT2D eigenvalue weighted by atomic mass is 32.2. The van der Waals surface area contributed by atoms with E-state index < -0.39 is 74.5 Å². The summed E-state index contributed by atoms with van der Waals surface area (Å²) in [6, 6.07) is 8.24. The first-order chi connectivity index (χ1) is 30.9. The van der Waals surface area contributed by atoms with E-state index in [0.29, 0.717) is 103 Å². The van der Waals surface area contributed by atoms with E-state index in [1.54, 1.807) is 20.1 Å². The summed E-state index contributed by atoms with van der Waals surface area (Å²) in [5, 5.41) is 0.502. The van der Waals surface area contributed by atoms with Gasteiger partial charge in [0.05, 0.1) is 51.8 Å². The molecule has 3 heterocycles. The highest BCUT2D eigenvalue weighted by Gasteiger charge is 2.48. The topological polar surface area (TPSA) is 269 Å². The number of nitrogens with zero attached hydrogens (tertiary/aromatic N) is 3. The van der Waals surface area contributed by atoms with Crippen molar-refractivity contribution in [2.45, 2.75) is 106 Å². The van der Waals surface area contributed by atoms with Gasteiger partial charge in [-0.1, -0.05) is 0 Å². The zero-order valence-corrected chi connectivity index (χ0v) is 40.2. The summed E-state index contributed by atoms with van der Waals surface area (Å²) in [7, 11) is -12.8. The molecule has 2 aromatic rings. The maximum atomic E-state index is 12.5. The molecule has 364 valence electrons. The SMILES string of the molecule is CCN1/C(=C/C(C)=C/C2=[N+](CCCCCC(=O)ON3C(=O)CCC3=O)c3ccc(S(=O)(=O)[O-])cc3C2(C)CCOCCOCCOC)C(C)(CCCS(=O)(=O)[O-])c2cc(S(=O)(=O)[O-])ccc21. The number of imide groups is 1. The van der Waals surface area contributed by atoms with Crippen LogP contribution in [-0.4, -0.2) is 131 Å². The number of carbonyl (C=O) groups excluding carboxylic acids is 3. The molecular formula is C44H57N3O16S3-2. The van der Waals surface area contributed by atoms with Gasteiger partial charge in [0.1, 0.15) is 26.8 Å². The molecule has 0 saturated carbocycles. The van der Waals surface area contributed by atoms with Crippen molar-refractivity contribution >= 4 is 65.2 Å². The summed E-state index contributed by atoms with van der Waals surface area (Å²) >= 11 is 0. The maximum absolute atomic E-state index is 12.5. The van der Waals surface area contributed by atoms with Gasteiger partial charge in [0.2, 0.25) is 5.69 Å². The third-order valence-corrected chi connectivity index (χ3v) is 14.6. The zero-order chi connectivity index (χ0) is 48.7. The van der Waals surface area contributed by atoms with Gasteiger partial charge in [0, 0.05) is 86.2 Å². The van der Waals surface area contributed by atoms with Gasteiger partial charge >= 0.3 is 5.97 Å². The Hall–Kier alpha value is -4.39. The standard InChI is InChI=1S/C44H59N3O16S3/c1-6-45-36-14-12-32(65(54,55)56)29-34(36)43(3,18-10-26-64(51,52)53)38(45)27-31(2)28-39-44(4,19-21-61-24-25-62-23-22-60-5)35-30-33(66(57,58)59)13-15-37(35)46(39)20-9-7-8-11-42(50)63-47-40(48)16-17-41(47)49/h12-15,27-30H,6-11,16-26H2,1-5H3,(H2-,51,52,53,54,55,56,57,58,59)/p-2. The van der Waals surface area contributed by atoms with E-state index in [-0.39, 0.29) is 45.3 Å². The number of amides is 2. The van der Waals surface area contributed by atoms with Gasteiger partial charge in [0.15, 0.2) is 5.71 Å². The molecule has 2 aromatic carbocycles. The second kappa shape index (κ2) is 21.7. The third kappa shape index (κ3) is 12.6. The number of unbranched alkanes of at least 4 members (excludes halogenated alkanes) is 2. The zero-order valence-electron chi connectivity index (χ0n) is 37.7. The first kappa shape index (κ1) is 52.6. The lowest BCUT2D eigenvalue weighted by Crippen LogP contribution is -2.33. The smallest absolute Gasteiger partial charge is 0.333 e. The molecule has 0 aromatic heterocycles. The predicted octanol–water partition coefficient (Wildman–Crippen LogP) is 4.04. The van der Waals surface area contributed by atoms with Crippen LogP contribution in [0.1, 0.15) is 96.6 Å². The maximum Gasteiger partial charge on any atom is 0.333 e. The number of methoxy groups -OCH3 is 1. The summed E-state index contributed by atoms with van der Waals surface area (Å²) in [6.45, 7) is 9.67. The van der Waals surface area contributed by atoms with Crippen molar-refractivity contribution < 1.29 is 76.9 Å². The lowest BCUT2D eigenvalue weighted by atomic mass is 9.75. The van der Waals surface area contributed by atoms with Crippen molar-refractivity contribution in [2.24, 2.45) is 0 Å². The molecule has 3 aliphatic heterocycles. The summed E-state index contributed by atoms with van der Waals surface area (Å²) < 4.78 is 128. The number of anilines is 1. The summed E-state index contributed by atoms with van der Waals surface area (Å²) in [5.74, 6) is -2.56. The minimum Gasteiger partial charge on any atom is -0.748 e. The Balaban J connectivity index is 1.56. The molecule has 0 aliphatic carbocycles. The molecule has 22 heteroatoms. The van der Waals surface area contributed by atoms with E-state index in [1.807, 2.05) is 42.4 Å². The van der Waals surface area contributed by atoms with Crippen LogP contribution in [0.4, 0.5) is 11.4 Å². The lowest BCUT2D eigenvalue weighted by molar-refractivity contribution is -0.438. The van der Waals surface area contributed by atoms with E-state index >= 15 is 0 Å². The Labute approximate surface area is 386 Å². The molecule has 2 atom stereocenters. The molecule has 3 aliphatic rings. The van der Waals surface area contributed by atoms with E-state index in [4.69, 9.17) is 19.0 Å². The molecule has 0 N–H and O–H groups in total. The fraction of sp³-hybridized carbons (Fsp3) is 0.545. The normalized spacial score (nSPS) is 20.8. The fourth-order valence-electron chi connectivity index (χ4n) is 8.75. The van der Waals surface area contributed by atoms with E-state index in [2.05, 4.69) is 0 Å². The second-order valence-electron chi connectivity index (χ2n) is 16.8. The number of fused-ring (bicyclic) bond motifs is 2. The highest BCUT2D eigenvalue weighted by Crippen LogP contribution is 2.52. The number of carbonyl (C=O) groups is 3. The molecule has 66 heavy (non-hydrogen) atoms. The van der Waals surface area contributed by atoms with Gasteiger partial charge in [-0.05, 0) is 107 Å². The lowest BCUT2D eigenvalue weighted by Gasteiger charge is -2.31. The van der Waals surface area contributed by atoms with Crippen molar-refractivity contribution in [2.75, 3.05) is 63.9 Å². The number of hydrogen-bond acceptors (Lipinski definition) is 17. The Morgan fingerprint density at radius 1 is 0.788 bits per heavy atom. The van der Waals surface area contributed by atoms with Crippen LogP contribution in [0.5, 0.6) is 0 Å². The number of likely N-dealkylation sites (N-methyl/N-ethyl adjacent to an activating group) is 1. The molecule has 1 saturated heterocycles. The van der Waals surface area contributed by atoms with Crippen LogP contribution in [0, 0.1) is 0 Å². The van der Waals surface area contributed by atoms with Crippen LogP contribution in [0.3, 0.4) is 0 Å². The molecule has 5 rings (SSSR count). The number of hydroxylamine groups is 2. The predicted molar refractivity (Wildman–Crippen MR) is 236 cm³/mol. The Kier molecular flexibility index (Phi) is 17.3. The third-order valence-electron chi connectivity index (χ3n) is 12.1. The number of allylic oxidation sites excluding steroid dienone is 4.